The van der Waals surface area contributed by atoms with Gasteiger partial charge in [-0.3, -0.25) is 9.78 Å². The molecule has 138 valence electrons. The number of nitrogens with zero attached hydrogens (tertiary/aromatic N) is 1. The molecule has 0 spiro atoms. The van der Waals surface area contributed by atoms with Gasteiger partial charge in [-0.15, -0.1) is 11.3 Å². The first-order chi connectivity index (χ1) is 13.2. The fraction of sp³-hybridized carbons (Fsp3) is 0.150. The lowest BCUT2D eigenvalue weighted by molar-refractivity contribution is -0.130. The molecule has 0 aliphatic heterocycles. The van der Waals surface area contributed by atoms with Crippen LogP contribution in [-0.2, 0) is 16.1 Å². The highest BCUT2D eigenvalue weighted by Gasteiger charge is 2.27. The quantitative estimate of drug-likeness (QED) is 0.634. The molecule has 27 heavy (non-hydrogen) atoms. The van der Waals surface area contributed by atoms with Crippen molar-refractivity contribution in [1.82, 2.24) is 10.3 Å². The second-order valence-electron chi connectivity index (χ2n) is 5.58. The van der Waals surface area contributed by atoms with Crippen molar-refractivity contribution < 1.29 is 19.1 Å². The fourth-order valence-electron chi connectivity index (χ4n) is 2.36. The first-order valence-electron chi connectivity index (χ1n) is 8.23. The van der Waals surface area contributed by atoms with Crippen molar-refractivity contribution >= 4 is 23.2 Å². The van der Waals surface area contributed by atoms with Gasteiger partial charge in [-0.25, -0.2) is 4.79 Å². The van der Waals surface area contributed by atoms with Crippen LogP contribution in [0.4, 0.5) is 0 Å². The van der Waals surface area contributed by atoms with Gasteiger partial charge in [0.05, 0.1) is 12.8 Å². The molecule has 3 aromatic rings. The summed E-state index contributed by atoms with van der Waals surface area (Å²) in [7, 11) is 1.59. The number of hydrogen-bond donors (Lipinski definition) is 1. The van der Waals surface area contributed by atoms with Crippen molar-refractivity contribution in [3.05, 3.63) is 82.3 Å². The van der Waals surface area contributed by atoms with Crippen molar-refractivity contribution in [3.8, 4) is 5.75 Å². The summed E-state index contributed by atoms with van der Waals surface area (Å²) in [5.41, 5.74) is 1.27. The third-order valence-electron chi connectivity index (χ3n) is 3.77. The Bertz CT molecular complexity index is 880. The third-order valence-corrected chi connectivity index (χ3v) is 4.62. The van der Waals surface area contributed by atoms with E-state index in [0.717, 1.165) is 11.3 Å². The molecule has 0 saturated carbocycles. The molecule has 1 amide bonds. The maximum absolute atomic E-state index is 12.7. The summed E-state index contributed by atoms with van der Waals surface area (Å²) >= 11 is 1.26. The predicted octanol–water partition coefficient (Wildman–Crippen LogP) is 3.37. The Labute approximate surface area is 160 Å². The van der Waals surface area contributed by atoms with E-state index in [9.17, 15) is 9.59 Å². The van der Waals surface area contributed by atoms with Crippen LogP contribution < -0.4 is 10.1 Å². The van der Waals surface area contributed by atoms with E-state index < -0.39 is 18.0 Å². The van der Waals surface area contributed by atoms with Crippen LogP contribution in [-0.4, -0.2) is 24.0 Å². The Kier molecular flexibility index (Phi) is 6.17. The molecule has 0 aliphatic rings. The molecule has 7 heteroatoms. The summed E-state index contributed by atoms with van der Waals surface area (Å²) < 4.78 is 10.6. The van der Waals surface area contributed by atoms with Crippen molar-refractivity contribution in [3.63, 3.8) is 0 Å². The molecule has 0 bridgehead atoms. The van der Waals surface area contributed by atoms with E-state index in [1.165, 1.54) is 11.3 Å². The van der Waals surface area contributed by atoms with Crippen molar-refractivity contribution in [2.75, 3.05) is 7.11 Å². The van der Waals surface area contributed by atoms with Gasteiger partial charge in [-0.05, 0) is 41.3 Å². The summed E-state index contributed by atoms with van der Waals surface area (Å²) in [4.78, 5) is 29.6. The van der Waals surface area contributed by atoms with Crippen LogP contribution >= 0.6 is 11.3 Å². The number of rotatable bonds is 7. The molecule has 1 atom stereocenters. The van der Waals surface area contributed by atoms with Gasteiger partial charge in [-0.1, -0.05) is 24.3 Å². The number of nitrogens with one attached hydrogen (secondary N) is 1. The smallest absolute Gasteiger partial charge is 0.349 e. The van der Waals surface area contributed by atoms with E-state index in [1.54, 1.807) is 49.0 Å². The Balaban J connectivity index is 1.71. The molecule has 0 saturated heterocycles. The Hall–Kier alpha value is -3.19. The zero-order valence-corrected chi connectivity index (χ0v) is 15.4. The van der Waals surface area contributed by atoms with Crippen molar-refractivity contribution in [2.45, 2.75) is 12.6 Å². The van der Waals surface area contributed by atoms with E-state index in [0.29, 0.717) is 17.1 Å². The number of methoxy groups -OCH3 is 1. The average Bonchev–Trinajstić information content (AvgIpc) is 3.26. The Morgan fingerprint density at radius 2 is 1.93 bits per heavy atom. The van der Waals surface area contributed by atoms with Crippen LogP contribution in [0.25, 0.3) is 0 Å². The van der Waals surface area contributed by atoms with Crippen molar-refractivity contribution in [1.29, 1.82) is 0 Å². The average molecular weight is 382 g/mol. The largest absolute Gasteiger partial charge is 0.497 e. The summed E-state index contributed by atoms with van der Waals surface area (Å²) in [6.07, 6.45) is 0.428. The highest BCUT2D eigenvalue weighted by Crippen LogP contribution is 2.20. The lowest BCUT2D eigenvalue weighted by Gasteiger charge is -2.17. The number of thiophene rings is 1. The second-order valence-corrected chi connectivity index (χ2v) is 6.53. The van der Waals surface area contributed by atoms with Crippen LogP contribution in [0.3, 0.4) is 0 Å². The standard InChI is InChI=1S/C20H18N2O4S/c1-25-15-9-7-14(8-10-15)13-22-19(23)18(16-5-2-3-11-21-16)26-20(24)17-6-4-12-27-17/h2-12,18H,13H2,1H3,(H,22,23). The number of amides is 1. The summed E-state index contributed by atoms with van der Waals surface area (Å²) in [6, 6.07) is 15.9. The van der Waals surface area contributed by atoms with Gasteiger partial charge in [0.1, 0.15) is 10.6 Å². The molecule has 0 fully saturated rings. The van der Waals surface area contributed by atoms with Crippen LogP contribution in [0.5, 0.6) is 5.75 Å². The zero-order chi connectivity index (χ0) is 19.1. The maximum atomic E-state index is 12.7. The van der Waals surface area contributed by atoms with E-state index in [4.69, 9.17) is 9.47 Å². The molecule has 0 aliphatic carbocycles. The van der Waals surface area contributed by atoms with E-state index in [2.05, 4.69) is 10.3 Å². The van der Waals surface area contributed by atoms with Crippen LogP contribution in [0, 0.1) is 0 Å². The molecule has 0 radical (unpaired) electrons. The van der Waals surface area contributed by atoms with Crippen LogP contribution in [0.1, 0.15) is 27.0 Å². The van der Waals surface area contributed by atoms with Crippen LogP contribution in [0.15, 0.2) is 66.2 Å². The van der Waals surface area contributed by atoms with Gasteiger partial charge in [0.2, 0.25) is 6.10 Å². The molecule has 1 N–H and O–H groups in total. The minimum atomic E-state index is -1.13. The van der Waals surface area contributed by atoms with Gasteiger partial charge in [0, 0.05) is 12.7 Å². The highest BCUT2D eigenvalue weighted by atomic mass is 32.1. The third kappa shape index (κ3) is 4.92. The predicted molar refractivity (Wildman–Crippen MR) is 102 cm³/mol. The minimum Gasteiger partial charge on any atom is -0.497 e. The van der Waals surface area contributed by atoms with Crippen LogP contribution in [0.2, 0.25) is 0 Å². The van der Waals surface area contributed by atoms with Gasteiger partial charge in [-0.2, -0.15) is 0 Å². The summed E-state index contributed by atoms with van der Waals surface area (Å²) in [5.74, 6) is -0.254. The molecule has 2 heterocycles. The number of benzene rings is 1. The second kappa shape index (κ2) is 8.95. The van der Waals surface area contributed by atoms with E-state index in [1.807, 2.05) is 24.3 Å². The number of carbonyl (C=O) groups excluding carboxylic acids is 2. The number of carbonyl (C=O) groups is 2. The minimum absolute atomic E-state index is 0.294. The summed E-state index contributed by atoms with van der Waals surface area (Å²) in [6.45, 7) is 0.294. The fourth-order valence-corrected chi connectivity index (χ4v) is 2.97. The van der Waals surface area contributed by atoms with Gasteiger partial charge < -0.3 is 14.8 Å². The number of esters is 1. The first-order valence-corrected chi connectivity index (χ1v) is 9.11. The Morgan fingerprint density at radius 3 is 2.56 bits per heavy atom. The lowest BCUT2D eigenvalue weighted by Crippen LogP contribution is -2.32. The first kappa shape index (κ1) is 18.6. The number of hydrogen-bond acceptors (Lipinski definition) is 6. The molecule has 6 nitrogen and oxygen atoms in total. The van der Waals surface area contributed by atoms with E-state index in [-0.39, 0.29) is 0 Å². The molecule has 1 unspecified atom stereocenters. The number of pyridine rings is 1. The lowest BCUT2D eigenvalue weighted by atomic mass is 10.2. The molecule has 3 rings (SSSR count). The van der Waals surface area contributed by atoms with Gasteiger partial charge in [0.25, 0.3) is 5.91 Å². The Morgan fingerprint density at radius 1 is 1.11 bits per heavy atom. The summed E-state index contributed by atoms with van der Waals surface area (Å²) in [5, 5.41) is 4.57. The monoisotopic (exact) mass is 382 g/mol. The number of ether oxygens (including phenoxy) is 2. The zero-order valence-electron chi connectivity index (χ0n) is 14.6. The topological polar surface area (TPSA) is 77.5 Å². The van der Waals surface area contributed by atoms with E-state index >= 15 is 0 Å². The number of aromatic nitrogens is 1. The highest BCUT2D eigenvalue weighted by molar-refractivity contribution is 7.11. The SMILES string of the molecule is COc1ccc(CNC(=O)C(OC(=O)c2cccs2)c2ccccn2)cc1. The molecule has 1 aromatic carbocycles. The molecule has 2 aromatic heterocycles. The molecular formula is C20H18N2O4S. The van der Waals surface area contributed by atoms with Gasteiger partial charge >= 0.3 is 5.97 Å². The normalized spacial score (nSPS) is 11.4. The maximum Gasteiger partial charge on any atom is 0.349 e. The van der Waals surface area contributed by atoms with Gasteiger partial charge in [0.15, 0.2) is 0 Å². The molecular weight excluding hydrogens is 364 g/mol. The van der Waals surface area contributed by atoms with Crippen molar-refractivity contribution in [2.24, 2.45) is 0 Å².